The van der Waals surface area contributed by atoms with E-state index in [1.807, 2.05) is 0 Å². The molecular formula is C28H46O5. The smallest absolute Gasteiger partial charge is 0.305 e. The van der Waals surface area contributed by atoms with Crippen LogP contribution >= 0.6 is 0 Å². The van der Waals surface area contributed by atoms with Gasteiger partial charge in [-0.15, -0.1) is 0 Å². The first-order valence-corrected chi connectivity index (χ1v) is 13.5. The molecule has 5 nitrogen and oxygen atoms in total. The van der Waals surface area contributed by atoms with Crippen LogP contribution in [0.2, 0.25) is 0 Å². The van der Waals surface area contributed by atoms with Crippen molar-refractivity contribution in [3.8, 4) is 0 Å². The Morgan fingerprint density at radius 1 is 0.970 bits per heavy atom. The van der Waals surface area contributed by atoms with E-state index in [1.165, 1.54) is 46.1 Å². The lowest BCUT2D eigenvalue weighted by Gasteiger charge is -2.62. The largest absolute Gasteiger partial charge is 0.469 e. The van der Waals surface area contributed by atoms with Gasteiger partial charge in [-0.2, -0.15) is 0 Å². The van der Waals surface area contributed by atoms with Crippen LogP contribution in [0.5, 0.6) is 0 Å². The fourth-order valence-corrected chi connectivity index (χ4v) is 9.49. The summed E-state index contributed by atoms with van der Waals surface area (Å²) in [7, 11) is 1.48. The molecule has 0 radical (unpaired) electrons. The zero-order valence-electron chi connectivity index (χ0n) is 21.5. The van der Waals surface area contributed by atoms with Crippen molar-refractivity contribution in [1.82, 2.24) is 0 Å². The summed E-state index contributed by atoms with van der Waals surface area (Å²) in [6, 6.07) is 0. The van der Waals surface area contributed by atoms with Crippen molar-refractivity contribution in [1.29, 1.82) is 0 Å². The molecule has 0 saturated heterocycles. The predicted molar refractivity (Wildman–Crippen MR) is 127 cm³/mol. The predicted octanol–water partition coefficient (Wildman–Crippen LogP) is 5.53. The van der Waals surface area contributed by atoms with Crippen molar-refractivity contribution in [2.45, 2.75) is 111 Å². The third kappa shape index (κ3) is 4.36. The summed E-state index contributed by atoms with van der Waals surface area (Å²) >= 11 is 0. The molecule has 4 saturated carbocycles. The number of aliphatic hydroxyl groups excluding tert-OH is 1. The molecule has 0 aromatic heterocycles. The van der Waals surface area contributed by atoms with E-state index in [9.17, 15) is 14.7 Å². The minimum Gasteiger partial charge on any atom is -0.469 e. The monoisotopic (exact) mass is 462 g/mol. The Kier molecular flexibility index (Phi) is 7.21. The summed E-state index contributed by atoms with van der Waals surface area (Å²) < 4.78 is 10.3. The van der Waals surface area contributed by atoms with E-state index >= 15 is 0 Å². The Balaban J connectivity index is 1.44. The van der Waals surface area contributed by atoms with Gasteiger partial charge in [0.25, 0.3) is 0 Å². The number of esters is 2. The number of rotatable bonds is 6. The summed E-state index contributed by atoms with van der Waals surface area (Å²) in [6.07, 6.45) is 11.1. The van der Waals surface area contributed by atoms with E-state index < -0.39 is 6.10 Å². The quantitative estimate of drug-likeness (QED) is 0.526. The highest BCUT2D eigenvalue weighted by Crippen LogP contribution is 2.68. The topological polar surface area (TPSA) is 72.8 Å². The van der Waals surface area contributed by atoms with Gasteiger partial charge >= 0.3 is 11.9 Å². The van der Waals surface area contributed by atoms with Crippen LogP contribution in [0.25, 0.3) is 0 Å². The molecule has 0 bridgehead atoms. The van der Waals surface area contributed by atoms with Crippen LogP contribution < -0.4 is 0 Å². The summed E-state index contributed by atoms with van der Waals surface area (Å²) in [5, 5.41) is 11.2. The molecular weight excluding hydrogens is 416 g/mol. The molecule has 188 valence electrons. The second-order valence-corrected chi connectivity index (χ2v) is 12.4. The first-order chi connectivity index (χ1) is 15.6. The number of carbonyl (C=O) groups is 2. The van der Waals surface area contributed by atoms with Gasteiger partial charge in [-0.1, -0.05) is 20.8 Å². The number of aliphatic hydroxyl groups is 1. The summed E-state index contributed by atoms with van der Waals surface area (Å²) in [5.74, 6) is 3.49. The van der Waals surface area contributed by atoms with E-state index in [4.69, 9.17) is 9.47 Å². The highest BCUT2D eigenvalue weighted by molar-refractivity contribution is 5.69. The number of ether oxygens (including phenoxy) is 2. The van der Waals surface area contributed by atoms with E-state index in [0.29, 0.717) is 23.7 Å². The average molecular weight is 463 g/mol. The van der Waals surface area contributed by atoms with Crippen molar-refractivity contribution in [2.24, 2.45) is 46.3 Å². The van der Waals surface area contributed by atoms with Crippen molar-refractivity contribution in [2.75, 3.05) is 7.11 Å². The number of fused-ring (bicyclic) bond motifs is 5. The average Bonchev–Trinajstić information content (AvgIpc) is 3.12. The van der Waals surface area contributed by atoms with E-state index in [1.54, 1.807) is 0 Å². The van der Waals surface area contributed by atoms with Crippen LogP contribution in [0.1, 0.15) is 98.3 Å². The number of carbonyl (C=O) groups excluding carboxylic acids is 2. The van der Waals surface area contributed by atoms with Gasteiger partial charge in [0.2, 0.25) is 0 Å². The van der Waals surface area contributed by atoms with Crippen LogP contribution in [0.3, 0.4) is 0 Å². The van der Waals surface area contributed by atoms with Gasteiger partial charge in [-0.05, 0) is 111 Å². The van der Waals surface area contributed by atoms with Gasteiger partial charge in [-0.25, -0.2) is 0 Å². The lowest BCUT2D eigenvalue weighted by atomic mass is 9.44. The van der Waals surface area contributed by atoms with E-state index in [-0.39, 0.29) is 29.4 Å². The molecule has 33 heavy (non-hydrogen) atoms. The SMILES string of the molecule is COC(=O)CCCC(C)[C@H]1CC[C@H]2[C@@H]3CC[C@H]4[C@H](O)[C@@H](OC(C)=O)CC[C@]4(C)[C@H]3CC[C@]12C. The third-order valence-electron chi connectivity index (χ3n) is 11.0. The second-order valence-electron chi connectivity index (χ2n) is 12.4. The molecule has 0 spiro atoms. The Hall–Kier alpha value is -1.10. The third-order valence-corrected chi connectivity index (χ3v) is 11.0. The van der Waals surface area contributed by atoms with Gasteiger partial charge in [-0.3, -0.25) is 9.59 Å². The zero-order chi connectivity index (χ0) is 24.0. The molecule has 4 aliphatic carbocycles. The van der Waals surface area contributed by atoms with Crippen molar-refractivity contribution >= 4 is 11.9 Å². The first kappa shape index (κ1) is 25.0. The molecule has 1 N–H and O–H groups in total. The minimum atomic E-state index is -0.520. The van der Waals surface area contributed by atoms with Crippen molar-refractivity contribution in [3.63, 3.8) is 0 Å². The van der Waals surface area contributed by atoms with E-state index in [0.717, 1.165) is 49.9 Å². The number of methoxy groups -OCH3 is 1. The van der Waals surface area contributed by atoms with Gasteiger partial charge in [0.15, 0.2) is 0 Å². The van der Waals surface area contributed by atoms with Gasteiger partial charge in [0, 0.05) is 13.3 Å². The zero-order valence-corrected chi connectivity index (χ0v) is 21.5. The molecule has 0 aromatic rings. The Morgan fingerprint density at radius 2 is 1.64 bits per heavy atom. The maximum atomic E-state index is 11.5. The fraction of sp³-hybridized carbons (Fsp3) is 0.929. The van der Waals surface area contributed by atoms with Crippen LogP contribution in [-0.4, -0.2) is 36.4 Å². The highest BCUT2D eigenvalue weighted by Gasteiger charge is 2.62. The van der Waals surface area contributed by atoms with Crippen molar-refractivity contribution < 1.29 is 24.2 Å². The van der Waals surface area contributed by atoms with Crippen LogP contribution in [0, 0.1) is 46.3 Å². The standard InChI is InChI=1S/C28H46O5/c1-17(7-6-8-25(30)32-5)20-11-12-21-19-9-10-23-26(31)24(33-18(2)29)14-16-28(23,4)22(19)13-15-27(20,21)3/h17,19-24,26,31H,6-16H2,1-5H3/t17?,19-,20+,21-,22-,23-,24-,26-,27+,28+/m0/s1. The molecule has 1 unspecified atom stereocenters. The van der Waals surface area contributed by atoms with Gasteiger partial charge in [0.05, 0.1) is 13.2 Å². The van der Waals surface area contributed by atoms with Gasteiger partial charge in [0.1, 0.15) is 6.10 Å². The lowest BCUT2D eigenvalue weighted by molar-refractivity contribution is -0.191. The molecule has 10 atom stereocenters. The highest BCUT2D eigenvalue weighted by atomic mass is 16.6. The molecule has 5 heteroatoms. The van der Waals surface area contributed by atoms with Crippen LogP contribution in [0.15, 0.2) is 0 Å². The van der Waals surface area contributed by atoms with E-state index in [2.05, 4.69) is 20.8 Å². The van der Waals surface area contributed by atoms with Crippen LogP contribution in [-0.2, 0) is 19.1 Å². The van der Waals surface area contributed by atoms with Crippen LogP contribution in [0.4, 0.5) is 0 Å². The Bertz CT molecular complexity index is 736. The molecule has 4 fully saturated rings. The Morgan fingerprint density at radius 3 is 2.33 bits per heavy atom. The molecule has 4 aliphatic rings. The lowest BCUT2D eigenvalue weighted by Crippen LogP contribution is -2.58. The molecule has 0 aliphatic heterocycles. The summed E-state index contributed by atoms with van der Waals surface area (Å²) in [6.45, 7) is 8.87. The summed E-state index contributed by atoms with van der Waals surface area (Å²) in [4.78, 5) is 23.1. The molecule has 0 aromatic carbocycles. The fourth-order valence-electron chi connectivity index (χ4n) is 9.49. The number of hydrogen-bond donors (Lipinski definition) is 1. The summed E-state index contributed by atoms with van der Waals surface area (Å²) in [5.41, 5.74) is 0.563. The second kappa shape index (κ2) is 9.51. The number of hydrogen-bond acceptors (Lipinski definition) is 5. The minimum absolute atomic E-state index is 0.0890. The maximum absolute atomic E-state index is 11.5. The molecule has 4 rings (SSSR count). The first-order valence-electron chi connectivity index (χ1n) is 13.5. The Labute approximate surface area is 200 Å². The normalized spacial score (nSPS) is 45.3. The van der Waals surface area contributed by atoms with Gasteiger partial charge < -0.3 is 14.6 Å². The molecule has 0 heterocycles. The maximum Gasteiger partial charge on any atom is 0.305 e. The van der Waals surface area contributed by atoms with Crippen molar-refractivity contribution in [3.05, 3.63) is 0 Å². The molecule has 0 amide bonds.